The van der Waals surface area contributed by atoms with Gasteiger partial charge in [0.05, 0.1) is 6.54 Å². The molecule has 3 rings (SSSR count). The van der Waals surface area contributed by atoms with Gasteiger partial charge in [0.15, 0.2) is 0 Å². The predicted molar refractivity (Wildman–Crippen MR) is 102 cm³/mol. The maximum atomic E-state index is 9.79. The second kappa shape index (κ2) is 9.35. The Kier molecular flexibility index (Phi) is 6.89. The molecular weight excluding hydrogens is 310 g/mol. The van der Waals surface area contributed by atoms with Crippen LogP contribution >= 0.6 is 0 Å². The van der Waals surface area contributed by atoms with Crippen LogP contribution in [0.4, 0.5) is 0 Å². The number of nitrogens with one attached hydrogen (secondary N) is 1. The van der Waals surface area contributed by atoms with Crippen molar-refractivity contribution in [3.05, 3.63) is 35.9 Å². The monoisotopic (exact) mass is 341 g/mol. The molecule has 136 valence electrons. The van der Waals surface area contributed by atoms with Gasteiger partial charge >= 0.3 is 0 Å². The molecule has 0 bridgehead atoms. The summed E-state index contributed by atoms with van der Waals surface area (Å²) in [4.78, 5) is 4.87. The molecule has 4 heteroatoms. The van der Waals surface area contributed by atoms with Crippen LogP contribution in [0.15, 0.2) is 30.3 Å². The van der Waals surface area contributed by atoms with Crippen molar-refractivity contribution in [2.75, 3.05) is 39.3 Å². The predicted octanol–water partition coefficient (Wildman–Crippen LogP) is 1.56. The molecule has 1 aromatic carbocycles. The van der Waals surface area contributed by atoms with Crippen molar-refractivity contribution in [2.45, 2.75) is 37.9 Å². The van der Waals surface area contributed by atoms with Gasteiger partial charge in [0, 0.05) is 44.9 Å². The molecule has 2 atom stereocenters. The van der Waals surface area contributed by atoms with Gasteiger partial charge in [0.2, 0.25) is 0 Å². The van der Waals surface area contributed by atoms with Crippen LogP contribution in [0.25, 0.3) is 0 Å². The highest BCUT2D eigenvalue weighted by Crippen LogP contribution is 2.21. The van der Waals surface area contributed by atoms with Gasteiger partial charge in [-0.15, -0.1) is 6.42 Å². The summed E-state index contributed by atoms with van der Waals surface area (Å²) in [5.41, 5.74) is 1.37. The Hall–Kier alpha value is -1.38. The number of likely N-dealkylation sites (tertiary alicyclic amines) is 2. The summed E-state index contributed by atoms with van der Waals surface area (Å²) in [6.07, 6.45) is 8.78. The summed E-state index contributed by atoms with van der Waals surface area (Å²) in [6, 6.07) is 11.6. The average Bonchev–Trinajstić information content (AvgIpc) is 2.65. The van der Waals surface area contributed by atoms with Crippen molar-refractivity contribution >= 4 is 0 Å². The van der Waals surface area contributed by atoms with E-state index in [2.05, 4.69) is 51.4 Å². The summed E-state index contributed by atoms with van der Waals surface area (Å²) >= 11 is 0. The Bertz CT molecular complexity index is 548. The summed E-state index contributed by atoms with van der Waals surface area (Å²) in [5.74, 6) is 3.12. The molecule has 0 radical (unpaired) electrons. The number of piperidine rings is 2. The highest BCUT2D eigenvalue weighted by Gasteiger charge is 2.31. The molecule has 2 fully saturated rings. The van der Waals surface area contributed by atoms with Gasteiger partial charge in [-0.05, 0) is 37.3 Å². The molecule has 0 aromatic heterocycles. The van der Waals surface area contributed by atoms with Crippen molar-refractivity contribution in [3.63, 3.8) is 0 Å². The third-order valence-electron chi connectivity index (χ3n) is 5.68. The molecule has 2 N–H and O–H groups in total. The SMILES string of the molecule is C#CCN1CCC(NC2CN(Cc3ccccc3)CCC2CO)CC1. The van der Waals surface area contributed by atoms with Crippen LogP contribution < -0.4 is 5.32 Å². The Morgan fingerprint density at radius 2 is 1.80 bits per heavy atom. The van der Waals surface area contributed by atoms with E-state index in [0.717, 1.165) is 58.5 Å². The zero-order valence-electron chi connectivity index (χ0n) is 15.1. The largest absolute Gasteiger partial charge is 0.396 e. The Balaban J connectivity index is 1.52. The molecule has 2 heterocycles. The zero-order valence-corrected chi connectivity index (χ0v) is 15.1. The first kappa shape index (κ1) is 18.4. The lowest BCUT2D eigenvalue weighted by Gasteiger charge is -2.41. The number of rotatable bonds is 6. The molecule has 2 aliphatic rings. The first-order chi connectivity index (χ1) is 12.3. The number of terminal acetylenes is 1. The third-order valence-corrected chi connectivity index (χ3v) is 5.68. The molecule has 1 aromatic rings. The van der Waals surface area contributed by atoms with Crippen LogP contribution in [-0.2, 0) is 6.54 Å². The van der Waals surface area contributed by atoms with Crippen molar-refractivity contribution < 1.29 is 5.11 Å². The molecule has 2 aliphatic heterocycles. The van der Waals surface area contributed by atoms with Crippen molar-refractivity contribution in [1.29, 1.82) is 0 Å². The molecule has 4 nitrogen and oxygen atoms in total. The smallest absolute Gasteiger partial charge is 0.0598 e. The minimum Gasteiger partial charge on any atom is -0.396 e. The van der Waals surface area contributed by atoms with Gasteiger partial charge in [0.1, 0.15) is 0 Å². The maximum absolute atomic E-state index is 9.79. The number of aliphatic hydroxyl groups excluding tert-OH is 1. The first-order valence-electron chi connectivity index (χ1n) is 9.57. The Labute approximate surface area is 152 Å². The summed E-state index contributed by atoms with van der Waals surface area (Å²) in [7, 11) is 0. The first-order valence-corrected chi connectivity index (χ1v) is 9.57. The topological polar surface area (TPSA) is 38.7 Å². The Morgan fingerprint density at radius 3 is 2.48 bits per heavy atom. The van der Waals surface area contributed by atoms with E-state index < -0.39 is 0 Å². The molecule has 0 aliphatic carbocycles. The van der Waals surface area contributed by atoms with Gasteiger partial charge in [0.25, 0.3) is 0 Å². The molecule has 2 unspecified atom stereocenters. The number of aliphatic hydroxyl groups is 1. The molecule has 2 saturated heterocycles. The number of hydrogen-bond acceptors (Lipinski definition) is 4. The van der Waals surface area contributed by atoms with E-state index in [-0.39, 0.29) is 6.61 Å². The van der Waals surface area contributed by atoms with Gasteiger partial charge < -0.3 is 10.4 Å². The quantitative estimate of drug-likeness (QED) is 0.770. The van der Waals surface area contributed by atoms with Crippen molar-refractivity contribution in [2.24, 2.45) is 5.92 Å². The number of hydrogen-bond donors (Lipinski definition) is 2. The zero-order chi connectivity index (χ0) is 17.5. The average molecular weight is 341 g/mol. The van der Waals surface area contributed by atoms with E-state index in [1.165, 1.54) is 5.56 Å². The fourth-order valence-corrected chi connectivity index (χ4v) is 4.15. The molecule has 0 spiro atoms. The highest BCUT2D eigenvalue weighted by molar-refractivity contribution is 5.14. The lowest BCUT2D eigenvalue weighted by atomic mass is 9.90. The minimum atomic E-state index is 0.285. The fourth-order valence-electron chi connectivity index (χ4n) is 4.15. The standard InChI is InChI=1S/C21H31N3O/c1-2-11-23-13-9-20(10-14-23)22-21-16-24(12-8-19(21)17-25)15-18-6-4-3-5-7-18/h1,3-7,19-22,25H,8-17H2. The normalized spacial score (nSPS) is 26.4. The Morgan fingerprint density at radius 1 is 1.08 bits per heavy atom. The number of benzene rings is 1. The van der Waals surface area contributed by atoms with E-state index in [9.17, 15) is 5.11 Å². The number of nitrogens with zero attached hydrogens (tertiary/aromatic N) is 2. The van der Waals surface area contributed by atoms with Crippen LogP contribution in [-0.4, -0.2) is 66.3 Å². The van der Waals surface area contributed by atoms with E-state index in [4.69, 9.17) is 6.42 Å². The lowest BCUT2D eigenvalue weighted by molar-refractivity contribution is 0.0785. The van der Waals surface area contributed by atoms with Gasteiger partial charge in [-0.1, -0.05) is 36.3 Å². The highest BCUT2D eigenvalue weighted by atomic mass is 16.3. The summed E-state index contributed by atoms with van der Waals surface area (Å²) in [5, 5.41) is 13.6. The van der Waals surface area contributed by atoms with Crippen LogP contribution in [0.5, 0.6) is 0 Å². The van der Waals surface area contributed by atoms with Crippen LogP contribution in [0.2, 0.25) is 0 Å². The molecule has 25 heavy (non-hydrogen) atoms. The van der Waals surface area contributed by atoms with E-state index in [0.29, 0.717) is 18.0 Å². The van der Waals surface area contributed by atoms with Crippen LogP contribution in [0, 0.1) is 18.3 Å². The van der Waals surface area contributed by atoms with Crippen molar-refractivity contribution in [3.8, 4) is 12.3 Å². The molecular formula is C21H31N3O. The second-order valence-corrected chi connectivity index (χ2v) is 7.48. The van der Waals surface area contributed by atoms with Gasteiger partial charge in [-0.2, -0.15) is 0 Å². The van der Waals surface area contributed by atoms with E-state index >= 15 is 0 Å². The summed E-state index contributed by atoms with van der Waals surface area (Å²) in [6.45, 7) is 6.28. The second-order valence-electron chi connectivity index (χ2n) is 7.48. The molecule has 0 amide bonds. The van der Waals surface area contributed by atoms with Crippen LogP contribution in [0.3, 0.4) is 0 Å². The van der Waals surface area contributed by atoms with E-state index in [1.54, 1.807) is 0 Å². The van der Waals surface area contributed by atoms with Gasteiger partial charge in [-0.25, -0.2) is 0 Å². The molecule has 0 saturated carbocycles. The van der Waals surface area contributed by atoms with E-state index in [1.807, 2.05) is 0 Å². The van der Waals surface area contributed by atoms with Gasteiger partial charge in [-0.3, -0.25) is 9.80 Å². The summed E-state index contributed by atoms with van der Waals surface area (Å²) < 4.78 is 0. The minimum absolute atomic E-state index is 0.285. The lowest BCUT2D eigenvalue weighted by Crippen LogP contribution is -2.56. The third kappa shape index (κ3) is 5.29. The fraction of sp³-hybridized carbons (Fsp3) is 0.619. The maximum Gasteiger partial charge on any atom is 0.0598 e. The van der Waals surface area contributed by atoms with Crippen LogP contribution in [0.1, 0.15) is 24.8 Å². The van der Waals surface area contributed by atoms with Crippen molar-refractivity contribution in [1.82, 2.24) is 15.1 Å².